The van der Waals surface area contributed by atoms with Crippen molar-refractivity contribution < 1.29 is 14.7 Å². The number of carbonyl (C=O) groups is 2. The molecule has 1 heterocycles. The first-order valence-corrected chi connectivity index (χ1v) is 9.71. The zero-order valence-electron chi connectivity index (χ0n) is 15.5. The summed E-state index contributed by atoms with van der Waals surface area (Å²) in [5, 5.41) is 22.8. The molecule has 8 heteroatoms. The lowest BCUT2D eigenvalue weighted by Crippen LogP contribution is -2.22. The Morgan fingerprint density at radius 2 is 1.93 bits per heavy atom. The number of benzene rings is 2. The van der Waals surface area contributed by atoms with Crippen molar-refractivity contribution in [2.45, 2.75) is 25.5 Å². The van der Waals surface area contributed by atoms with Crippen LogP contribution in [0.3, 0.4) is 0 Å². The maximum atomic E-state index is 12.2. The lowest BCUT2D eigenvalue weighted by Gasteiger charge is -2.10. The van der Waals surface area contributed by atoms with E-state index in [1.54, 1.807) is 12.1 Å². The maximum Gasteiger partial charge on any atom is 0.234 e. The number of carbonyl (C=O) groups excluding carboxylic acids is 2. The topological polar surface area (TPSA) is 99.9 Å². The summed E-state index contributed by atoms with van der Waals surface area (Å²) in [5.74, 6) is -0.652. The average molecular weight is 395 g/mol. The molecule has 28 heavy (non-hydrogen) atoms. The Balaban J connectivity index is 1.69. The second kappa shape index (κ2) is 8.71. The largest absolute Gasteiger partial charge is 0.545 e. The number of nitrogens with one attached hydrogen (secondary N) is 1. The second-order valence-corrected chi connectivity index (χ2v) is 7.01. The van der Waals surface area contributed by atoms with Gasteiger partial charge in [0.1, 0.15) is 0 Å². The fraction of sp³-hybridized carbons (Fsp3) is 0.200. The van der Waals surface area contributed by atoms with E-state index in [4.69, 9.17) is 0 Å². The molecule has 0 radical (unpaired) electrons. The van der Waals surface area contributed by atoms with E-state index in [1.807, 2.05) is 42.7 Å². The molecule has 0 spiro atoms. The third kappa shape index (κ3) is 4.40. The van der Waals surface area contributed by atoms with Gasteiger partial charge in [-0.1, -0.05) is 48.2 Å². The van der Waals surface area contributed by atoms with E-state index >= 15 is 0 Å². The number of nitrogens with zero attached hydrogens (tertiary/aromatic N) is 3. The van der Waals surface area contributed by atoms with E-state index in [2.05, 4.69) is 15.5 Å². The van der Waals surface area contributed by atoms with Crippen LogP contribution >= 0.6 is 11.8 Å². The number of aromatic nitrogens is 3. The van der Waals surface area contributed by atoms with Crippen LogP contribution in [0.4, 0.5) is 5.69 Å². The minimum atomic E-state index is -1.29. The highest BCUT2D eigenvalue weighted by molar-refractivity contribution is 7.99. The molecule has 144 valence electrons. The van der Waals surface area contributed by atoms with Crippen molar-refractivity contribution in [3.63, 3.8) is 0 Å². The van der Waals surface area contributed by atoms with E-state index in [-0.39, 0.29) is 17.2 Å². The van der Waals surface area contributed by atoms with Gasteiger partial charge in [0.25, 0.3) is 0 Å². The number of rotatable bonds is 7. The van der Waals surface area contributed by atoms with Gasteiger partial charge < -0.3 is 19.8 Å². The van der Waals surface area contributed by atoms with E-state index in [9.17, 15) is 14.7 Å². The molecule has 1 aromatic heterocycles. The fourth-order valence-electron chi connectivity index (χ4n) is 2.75. The van der Waals surface area contributed by atoms with Crippen LogP contribution in [0.1, 0.15) is 22.8 Å². The number of carboxylic acids is 1. The highest BCUT2D eigenvalue weighted by Gasteiger charge is 2.15. The van der Waals surface area contributed by atoms with Crippen molar-refractivity contribution in [2.75, 3.05) is 11.1 Å². The van der Waals surface area contributed by atoms with Crippen molar-refractivity contribution in [3.05, 3.63) is 59.7 Å². The van der Waals surface area contributed by atoms with Crippen molar-refractivity contribution in [1.29, 1.82) is 0 Å². The summed E-state index contributed by atoms with van der Waals surface area (Å²) in [7, 11) is 0. The van der Waals surface area contributed by atoms with Crippen LogP contribution in [0, 0.1) is 6.92 Å². The molecule has 1 N–H and O–H groups in total. The number of carboxylic acid groups (broad SMARTS) is 1. The molecular weight excluding hydrogens is 376 g/mol. The SMILES string of the molecule is CCn1c(SCC(=O)Nc2cccc(C(=O)[O-])c2)nnc1-c1ccccc1C. The predicted molar refractivity (Wildman–Crippen MR) is 106 cm³/mol. The molecule has 1 amide bonds. The molecule has 0 saturated heterocycles. The van der Waals surface area contributed by atoms with Gasteiger partial charge in [0.05, 0.1) is 11.7 Å². The monoisotopic (exact) mass is 395 g/mol. The quantitative estimate of drug-likeness (QED) is 0.617. The Labute approximate surface area is 166 Å². The van der Waals surface area contributed by atoms with Crippen LogP contribution in [-0.4, -0.2) is 32.4 Å². The van der Waals surface area contributed by atoms with Gasteiger partial charge in [-0.2, -0.15) is 0 Å². The molecule has 0 aliphatic rings. The molecule has 0 unspecified atom stereocenters. The Kier molecular flexibility index (Phi) is 6.10. The molecule has 0 bridgehead atoms. The Morgan fingerprint density at radius 1 is 1.14 bits per heavy atom. The van der Waals surface area contributed by atoms with Gasteiger partial charge in [0, 0.05) is 17.8 Å². The summed E-state index contributed by atoms with van der Waals surface area (Å²) in [6, 6.07) is 13.9. The van der Waals surface area contributed by atoms with Gasteiger partial charge in [0.15, 0.2) is 11.0 Å². The molecule has 0 fully saturated rings. The normalized spacial score (nSPS) is 10.6. The maximum absolute atomic E-state index is 12.2. The van der Waals surface area contributed by atoms with Crippen LogP contribution < -0.4 is 10.4 Å². The molecular formula is C20H19N4O3S-. The second-order valence-electron chi connectivity index (χ2n) is 6.07. The van der Waals surface area contributed by atoms with E-state index < -0.39 is 5.97 Å². The van der Waals surface area contributed by atoms with Crippen molar-refractivity contribution >= 4 is 29.3 Å². The molecule has 7 nitrogen and oxygen atoms in total. The first kappa shape index (κ1) is 19.6. The van der Waals surface area contributed by atoms with Crippen LogP contribution in [0.2, 0.25) is 0 Å². The average Bonchev–Trinajstić information content (AvgIpc) is 3.09. The summed E-state index contributed by atoms with van der Waals surface area (Å²) in [6.07, 6.45) is 0. The Hall–Kier alpha value is -3.13. The molecule has 3 aromatic rings. The summed E-state index contributed by atoms with van der Waals surface area (Å²) < 4.78 is 1.97. The molecule has 3 rings (SSSR count). The van der Waals surface area contributed by atoms with Crippen molar-refractivity contribution in [1.82, 2.24) is 14.8 Å². The van der Waals surface area contributed by atoms with Gasteiger partial charge in [-0.3, -0.25) is 4.79 Å². The zero-order chi connectivity index (χ0) is 20.1. The van der Waals surface area contributed by atoms with Gasteiger partial charge in [-0.05, 0) is 37.1 Å². The first-order chi connectivity index (χ1) is 13.5. The van der Waals surface area contributed by atoms with Gasteiger partial charge in [-0.25, -0.2) is 0 Å². The third-order valence-electron chi connectivity index (χ3n) is 4.13. The van der Waals surface area contributed by atoms with Gasteiger partial charge in [0.2, 0.25) is 5.91 Å². The number of amides is 1. The number of aromatic carboxylic acids is 1. The standard InChI is InChI=1S/C20H20N4O3S/c1-3-24-18(16-10-5-4-7-13(16)2)22-23-20(24)28-12-17(25)21-15-9-6-8-14(11-15)19(26)27/h4-11H,3,12H2,1-2H3,(H,21,25)(H,26,27)/p-1. The number of thioether (sulfide) groups is 1. The van der Waals surface area contributed by atoms with E-state index in [1.165, 1.54) is 23.9 Å². The van der Waals surface area contributed by atoms with E-state index in [0.29, 0.717) is 17.4 Å². The lowest BCUT2D eigenvalue weighted by atomic mass is 10.1. The lowest BCUT2D eigenvalue weighted by molar-refractivity contribution is -0.255. The van der Waals surface area contributed by atoms with Crippen molar-refractivity contribution in [2.24, 2.45) is 0 Å². The molecule has 0 aliphatic heterocycles. The highest BCUT2D eigenvalue weighted by atomic mass is 32.2. The minimum Gasteiger partial charge on any atom is -0.545 e. The van der Waals surface area contributed by atoms with E-state index in [0.717, 1.165) is 17.0 Å². The smallest absolute Gasteiger partial charge is 0.234 e. The van der Waals surface area contributed by atoms with Crippen LogP contribution in [-0.2, 0) is 11.3 Å². The summed E-state index contributed by atoms with van der Waals surface area (Å²) in [4.78, 5) is 23.2. The van der Waals surface area contributed by atoms with Gasteiger partial charge >= 0.3 is 0 Å². The first-order valence-electron chi connectivity index (χ1n) is 8.73. The minimum absolute atomic E-state index is 0.0130. The Bertz CT molecular complexity index is 1020. The van der Waals surface area contributed by atoms with Crippen LogP contribution in [0.25, 0.3) is 11.4 Å². The third-order valence-corrected chi connectivity index (χ3v) is 5.10. The van der Waals surface area contributed by atoms with Crippen molar-refractivity contribution in [3.8, 4) is 11.4 Å². The summed E-state index contributed by atoms with van der Waals surface area (Å²) in [5.41, 5.74) is 2.53. The number of hydrogen-bond acceptors (Lipinski definition) is 6. The highest BCUT2D eigenvalue weighted by Crippen LogP contribution is 2.26. The van der Waals surface area contributed by atoms with Gasteiger partial charge in [-0.15, -0.1) is 10.2 Å². The number of aryl methyl sites for hydroxylation is 1. The summed E-state index contributed by atoms with van der Waals surface area (Å²) in [6.45, 7) is 4.69. The molecule has 0 saturated carbocycles. The fourth-order valence-corrected chi connectivity index (χ4v) is 3.56. The molecule has 0 aliphatic carbocycles. The summed E-state index contributed by atoms with van der Waals surface area (Å²) >= 11 is 1.28. The zero-order valence-corrected chi connectivity index (χ0v) is 16.3. The molecule has 2 aromatic carbocycles. The number of anilines is 1. The number of hydrogen-bond donors (Lipinski definition) is 1. The van der Waals surface area contributed by atoms with Crippen LogP contribution in [0.5, 0.6) is 0 Å². The predicted octanol–water partition coefficient (Wildman–Crippen LogP) is 2.37. The molecule has 0 atom stereocenters. The Morgan fingerprint density at radius 3 is 2.64 bits per heavy atom. The van der Waals surface area contributed by atoms with Crippen LogP contribution in [0.15, 0.2) is 53.7 Å².